The lowest BCUT2D eigenvalue weighted by molar-refractivity contribution is -0.268. The maximum Gasteiger partial charge on any atom is 0.335 e. The van der Waals surface area contributed by atoms with E-state index in [1.54, 1.807) is 12.3 Å². The molecule has 0 aliphatic rings. The van der Waals surface area contributed by atoms with E-state index in [2.05, 4.69) is 9.98 Å². The van der Waals surface area contributed by atoms with Gasteiger partial charge in [-0.1, -0.05) is 24.3 Å². The first kappa shape index (κ1) is 13.8. The van der Waals surface area contributed by atoms with Gasteiger partial charge in [0.05, 0.1) is 16.8 Å². The molecule has 0 amide bonds. The predicted molar refractivity (Wildman–Crippen MR) is 81.8 cm³/mol. The maximum atomic E-state index is 11.8. The fourth-order valence-corrected chi connectivity index (χ4v) is 2.11. The largest absolute Gasteiger partial charge is 0.872 e. The van der Waals surface area contributed by atoms with Gasteiger partial charge in [-0.05, 0) is 29.8 Å². The number of rotatable bonds is 3. The summed E-state index contributed by atoms with van der Waals surface area (Å²) in [5, 5.41) is 21.7. The van der Waals surface area contributed by atoms with Gasteiger partial charge >= 0.3 is 5.97 Å². The Kier molecular flexibility index (Phi) is 3.53. The van der Waals surface area contributed by atoms with Crippen LogP contribution in [0.5, 0.6) is 5.75 Å². The molecule has 22 heavy (non-hydrogen) atoms. The van der Waals surface area contributed by atoms with Crippen molar-refractivity contribution >= 4 is 28.8 Å². The van der Waals surface area contributed by atoms with E-state index in [9.17, 15) is 9.90 Å². The molecule has 0 unspecified atom stereocenters. The summed E-state index contributed by atoms with van der Waals surface area (Å²) >= 11 is 0. The molecule has 1 aromatic heterocycles. The Morgan fingerprint density at radius 2 is 2.00 bits per heavy atom. The third kappa shape index (κ3) is 2.64. The highest BCUT2D eigenvalue weighted by Gasteiger charge is 2.04. The Morgan fingerprint density at radius 3 is 2.82 bits per heavy atom. The molecule has 0 saturated carbocycles. The number of carbonyl (C=O) groups is 1. The zero-order valence-electron chi connectivity index (χ0n) is 11.4. The van der Waals surface area contributed by atoms with Gasteiger partial charge in [-0.3, -0.25) is 9.98 Å². The number of nitrogens with zero attached hydrogens (tertiary/aromatic N) is 2. The molecule has 1 N–H and O–H groups in total. The topological polar surface area (TPSA) is 85.6 Å². The van der Waals surface area contributed by atoms with Gasteiger partial charge in [0.25, 0.3) is 0 Å². The van der Waals surface area contributed by atoms with Crippen molar-refractivity contribution in [2.24, 2.45) is 4.99 Å². The Morgan fingerprint density at radius 1 is 1.18 bits per heavy atom. The second-order valence-corrected chi connectivity index (χ2v) is 4.67. The molecule has 0 radical (unpaired) electrons. The van der Waals surface area contributed by atoms with Crippen molar-refractivity contribution in [1.29, 1.82) is 0 Å². The Labute approximate surface area is 126 Å². The van der Waals surface area contributed by atoms with Crippen LogP contribution in [0.25, 0.3) is 10.9 Å². The highest BCUT2D eigenvalue weighted by Crippen LogP contribution is 2.24. The van der Waals surface area contributed by atoms with Crippen molar-refractivity contribution in [3.8, 4) is 5.75 Å². The number of hydrogen-bond acceptors (Lipinski definition) is 4. The van der Waals surface area contributed by atoms with Gasteiger partial charge < -0.3 is 10.2 Å². The SMILES string of the molecule is O=C(O)c1ccc([O-])c(C=Nc2cccc3cccnc23)c1. The molecule has 0 spiro atoms. The average molecular weight is 291 g/mol. The summed E-state index contributed by atoms with van der Waals surface area (Å²) in [5.41, 5.74) is 1.63. The summed E-state index contributed by atoms with van der Waals surface area (Å²) in [6.45, 7) is 0. The zero-order valence-corrected chi connectivity index (χ0v) is 11.4. The lowest BCUT2D eigenvalue weighted by Crippen LogP contribution is -2.01. The van der Waals surface area contributed by atoms with E-state index in [1.807, 2.05) is 24.3 Å². The molecule has 1 heterocycles. The van der Waals surface area contributed by atoms with Crippen molar-refractivity contribution in [1.82, 2.24) is 4.98 Å². The van der Waals surface area contributed by atoms with Crippen LogP contribution in [-0.4, -0.2) is 22.3 Å². The van der Waals surface area contributed by atoms with Crippen LogP contribution in [-0.2, 0) is 0 Å². The maximum absolute atomic E-state index is 11.8. The van der Waals surface area contributed by atoms with Crippen LogP contribution >= 0.6 is 0 Å². The fraction of sp³-hybridized carbons (Fsp3) is 0. The monoisotopic (exact) mass is 291 g/mol. The van der Waals surface area contributed by atoms with Gasteiger partial charge in [0.1, 0.15) is 0 Å². The minimum atomic E-state index is -1.08. The molecule has 0 aliphatic carbocycles. The van der Waals surface area contributed by atoms with Crippen LogP contribution in [0.15, 0.2) is 59.7 Å². The van der Waals surface area contributed by atoms with E-state index in [-0.39, 0.29) is 16.9 Å². The third-order valence-electron chi connectivity index (χ3n) is 3.21. The standard InChI is InChI=1S/C17H12N2O3/c20-15-7-6-12(17(21)22)9-13(15)10-19-14-5-1-3-11-4-2-8-18-16(11)14/h1-10,20H,(H,21,22)/p-1. The van der Waals surface area contributed by atoms with Crippen LogP contribution in [0.2, 0.25) is 0 Å². The normalized spacial score (nSPS) is 11.1. The van der Waals surface area contributed by atoms with Crippen molar-refractivity contribution in [3.63, 3.8) is 0 Å². The lowest BCUT2D eigenvalue weighted by atomic mass is 10.1. The van der Waals surface area contributed by atoms with Gasteiger partial charge in [-0.25, -0.2) is 4.79 Å². The molecule has 2 aromatic carbocycles. The summed E-state index contributed by atoms with van der Waals surface area (Å²) < 4.78 is 0. The number of carboxylic acids is 1. The summed E-state index contributed by atoms with van der Waals surface area (Å²) in [7, 11) is 0. The molecule has 5 heteroatoms. The first-order valence-corrected chi connectivity index (χ1v) is 6.57. The van der Waals surface area contributed by atoms with E-state index < -0.39 is 5.97 Å². The van der Waals surface area contributed by atoms with Gasteiger partial charge in [0.2, 0.25) is 0 Å². The second-order valence-electron chi connectivity index (χ2n) is 4.67. The summed E-state index contributed by atoms with van der Waals surface area (Å²) in [5.74, 6) is -1.36. The van der Waals surface area contributed by atoms with Crippen molar-refractivity contribution < 1.29 is 15.0 Å². The van der Waals surface area contributed by atoms with Crippen LogP contribution in [0.3, 0.4) is 0 Å². The van der Waals surface area contributed by atoms with Gasteiger partial charge in [0, 0.05) is 17.8 Å². The Hall–Kier alpha value is -3.21. The fourth-order valence-electron chi connectivity index (χ4n) is 2.11. The van der Waals surface area contributed by atoms with Crippen LogP contribution in [0.4, 0.5) is 5.69 Å². The highest BCUT2D eigenvalue weighted by molar-refractivity contribution is 5.95. The van der Waals surface area contributed by atoms with Gasteiger partial charge in [-0.15, -0.1) is 5.75 Å². The minimum Gasteiger partial charge on any atom is -0.872 e. The quantitative estimate of drug-likeness (QED) is 0.752. The Bertz CT molecular complexity index is 883. The van der Waals surface area contributed by atoms with Crippen LogP contribution in [0.1, 0.15) is 15.9 Å². The molecule has 3 rings (SSSR count). The van der Waals surface area contributed by atoms with E-state index >= 15 is 0 Å². The average Bonchev–Trinajstić information content (AvgIpc) is 2.54. The summed E-state index contributed by atoms with van der Waals surface area (Å²) in [4.78, 5) is 19.5. The first-order chi connectivity index (χ1) is 10.6. The summed E-state index contributed by atoms with van der Waals surface area (Å²) in [6.07, 6.45) is 3.05. The molecule has 3 aromatic rings. The number of pyridine rings is 1. The van der Waals surface area contributed by atoms with Crippen molar-refractivity contribution in [2.45, 2.75) is 0 Å². The molecule has 0 aliphatic heterocycles. The second kappa shape index (κ2) is 5.65. The number of carboxylic acid groups (broad SMARTS) is 1. The molecule has 0 bridgehead atoms. The first-order valence-electron chi connectivity index (χ1n) is 6.57. The van der Waals surface area contributed by atoms with Gasteiger partial charge in [0.15, 0.2) is 0 Å². The molecule has 0 atom stereocenters. The molecular formula is C17H11N2O3-. The number of aliphatic imine (C=N–C) groups is 1. The van der Waals surface area contributed by atoms with Crippen molar-refractivity contribution in [2.75, 3.05) is 0 Å². The number of fused-ring (bicyclic) bond motifs is 1. The van der Waals surface area contributed by atoms with E-state index in [0.29, 0.717) is 5.69 Å². The van der Waals surface area contributed by atoms with Crippen LogP contribution in [0, 0.1) is 0 Å². The minimum absolute atomic E-state index is 0.0529. The van der Waals surface area contributed by atoms with Crippen LogP contribution < -0.4 is 5.11 Å². The van der Waals surface area contributed by atoms with Crippen molar-refractivity contribution in [3.05, 3.63) is 65.9 Å². The molecule has 0 saturated heterocycles. The number of hydrogen-bond donors (Lipinski definition) is 1. The highest BCUT2D eigenvalue weighted by atomic mass is 16.4. The predicted octanol–water partition coefficient (Wildman–Crippen LogP) is 2.76. The molecule has 0 fully saturated rings. The summed E-state index contributed by atoms with van der Waals surface area (Å²) in [6, 6.07) is 13.1. The third-order valence-corrected chi connectivity index (χ3v) is 3.21. The smallest absolute Gasteiger partial charge is 0.335 e. The molecule has 108 valence electrons. The zero-order chi connectivity index (χ0) is 15.5. The molecular weight excluding hydrogens is 280 g/mol. The number of aromatic nitrogens is 1. The van der Waals surface area contributed by atoms with E-state index in [0.717, 1.165) is 10.9 Å². The van der Waals surface area contributed by atoms with E-state index in [1.165, 1.54) is 24.4 Å². The van der Waals surface area contributed by atoms with Gasteiger partial charge in [-0.2, -0.15) is 0 Å². The molecule has 5 nitrogen and oxygen atoms in total. The lowest BCUT2D eigenvalue weighted by Gasteiger charge is -2.10. The number of aromatic carboxylic acids is 1. The number of para-hydroxylation sites is 1. The van der Waals surface area contributed by atoms with E-state index in [4.69, 9.17) is 5.11 Å². The Balaban J connectivity index is 2.03. The number of benzene rings is 2.